The van der Waals surface area contributed by atoms with E-state index in [0.29, 0.717) is 32.0 Å². The lowest BCUT2D eigenvalue weighted by molar-refractivity contribution is 0.224. The lowest BCUT2D eigenvalue weighted by atomic mass is 10.1. The maximum atomic E-state index is 11.1. The van der Waals surface area contributed by atoms with Crippen molar-refractivity contribution in [3.05, 3.63) is 34.9 Å². The van der Waals surface area contributed by atoms with Crippen LogP contribution in [0.2, 0.25) is 5.02 Å². The van der Waals surface area contributed by atoms with Gasteiger partial charge in [0.25, 0.3) is 0 Å². The Morgan fingerprint density at radius 2 is 1.79 bits per heavy atom. The maximum absolute atomic E-state index is 11.1. The first-order valence-electron chi connectivity index (χ1n) is 9.77. The normalized spacial score (nSPS) is 13.1. The average molecular weight is 560 g/mol. The van der Waals surface area contributed by atoms with Crippen molar-refractivity contribution in [3.63, 3.8) is 0 Å². The Morgan fingerprint density at radius 1 is 1.14 bits per heavy atom. The molecule has 1 aromatic rings. The highest BCUT2D eigenvalue weighted by molar-refractivity contribution is 14.0. The van der Waals surface area contributed by atoms with E-state index in [1.807, 2.05) is 25.1 Å². The number of nitrogens with zero attached hydrogens (tertiary/aromatic N) is 2. The lowest BCUT2D eigenvalue weighted by Gasteiger charge is -2.29. The van der Waals surface area contributed by atoms with Crippen molar-refractivity contribution >= 4 is 51.6 Å². The molecule has 7 nitrogen and oxygen atoms in total. The first kappa shape index (κ1) is 28.4. The first-order chi connectivity index (χ1) is 13.3. The van der Waals surface area contributed by atoms with Crippen LogP contribution in [0.1, 0.15) is 38.8 Å². The summed E-state index contributed by atoms with van der Waals surface area (Å²) < 4.78 is 24.7. The van der Waals surface area contributed by atoms with Crippen molar-refractivity contribution < 1.29 is 8.42 Å². The SMILES string of the molecule is CCNC(=NCC(c1ccccc1Cl)N(CC)CC)NCCCNS(C)(=O)=O.I. The highest BCUT2D eigenvalue weighted by Gasteiger charge is 2.20. The number of hydrogen-bond donors (Lipinski definition) is 3. The van der Waals surface area contributed by atoms with Crippen LogP contribution in [-0.2, 0) is 10.0 Å². The third-order valence-corrected chi connectivity index (χ3v) is 5.37. The molecule has 0 aliphatic carbocycles. The third kappa shape index (κ3) is 11.4. The Labute approximate surface area is 198 Å². The average Bonchev–Trinajstić information content (AvgIpc) is 2.64. The molecule has 0 bridgehead atoms. The molecule has 0 saturated carbocycles. The largest absolute Gasteiger partial charge is 0.357 e. The van der Waals surface area contributed by atoms with E-state index in [4.69, 9.17) is 16.6 Å². The number of hydrogen-bond acceptors (Lipinski definition) is 4. The van der Waals surface area contributed by atoms with Gasteiger partial charge in [0.1, 0.15) is 0 Å². The van der Waals surface area contributed by atoms with E-state index >= 15 is 0 Å². The smallest absolute Gasteiger partial charge is 0.208 e. The highest BCUT2D eigenvalue weighted by atomic mass is 127. The number of likely N-dealkylation sites (N-methyl/N-ethyl adjacent to an activating group) is 1. The third-order valence-electron chi connectivity index (χ3n) is 4.29. The number of guanidine groups is 1. The predicted molar refractivity (Wildman–Crippen MR) is 134 cm³/mol. The summed E-state index contributed by atoms with van der Waals surface area (Å²) in [7, 11) is -3.15. The molecule has 1 rings (SSSR count). The van der Waals surface area contributed by atoms with Crippen LogP contribution in [0.25, 0.3) is 0 Å². The zero-order valence-electron chi connectivity index (χ0n) is 17.7. The van der Waals surface area contributed by atoms with Crippen LogP contribution < -0.4 is 15.4 Å². The van der Waals surface area contributed by atoms with E-state index < -0.39 is 10.0 Å². The Hall–Kier alpha value is -0.620. The van der Waals surface area contributed by atoms with E-state index in [1.54, 1.807) is 0 Å². The number of nitrogens with one attached hydrogen (secondary N) is 3. The molecule has 1 atom stereocenters. The second-order valence-corrected chi connectivity index (χ2v) is 8.67. The Bertz CT molecular complexity index is 714. The second-order valence-electron chi connectivity index (χ2n) is 6.42. The molecule has 0 spiro atoms. The molecular weight excluding hydrogens is 525 g/mol. The minimum Gasteiger partial charge on any atom is -0.357 e. The summed E-state index contributed by atoms with van der Waals surface area (Å²) in [5, 5.41) is 7.24. The van der Waals surface area contributed by atoms with E-state index in [0.717, 1.165) is 36.5 Å². The van der Waals surface area contributed by atoms with Crippen LogP contribution in [0.4, 0.5) is 0 Å². The fourth-order valence-electron chi connectivity index (χ4n) is 2.89. The number of rotatable bonds is 12. The van der Waals surface area contributed by atoms with Gasteiger partial charge in [0.05, 0.1) is 18.8 Å². The van der Waals surface area contributed by atoms with Crippen molar-refractivity contribution in [3.8, 4) is 0 Å². The number of halogens is 2. The van der Waals surface area contributed by atoms with Gasteiger partial charge in [-0.1, -0.05) is 43.6 Å². The van der Waals surface area contributed by atoms with E-state index in [9.17, 15) is 8.42 Å². The zero-order chi connectivity index (χ0) is 21.0. The van der Waals surface area contributed by atoms with Crippen molar-refractivity contribution in [2.24, 2.45) is 4.99 Å². The monoisotopic (exact) mass is 559 g/mol. The molecule has 1 aromatic carbocycles. The zero-order valence-corrected chi connectivity index (χ0v) is 21.6. The molecule has 168 valence electrons. The number of sulfonamides is 1. The second kappa shape index (κ2) is 15.2. The fourth-order valence-corrected chi connectivity index (χ4v) is 3.67. The molecule has 0 radical (unpaired) electrons. The van der Waals surface area contributed by atoms with Gasteiger partial charge in [-0.05, 0) is 38.1 Å². The van der Waals surface area contributed by atoms with Crippen molar-refractivity contribution in [2.45, 2.75) is 33.2 Å². The summed E-state index contributed by atoms with van der Waals surface area (Å²) in [6, 6.07) is 7.99. The Kier molecular flexibility index (Phi) is 14.9. The Morgan fingerprint density at radius 3 is 2.34 bits per heavy atom. The quantitative estimate of drug-likeness (QED) is 0.159. The van der Waals surface area contributed by atoms with Crippen LogP contribution in [0, 0.1) is 0 Å². The van der Waals surface area contributed by atoms with Crippen molar-refractivity contribution in [1.82, 2.24) is 20.3 Å². The summed E-state index contributed by atoms with van der Waals surface area (Å²) in [4.78, 5) is 7.09. The fraction of sp³-hybridized carbons (Fsp3) is 0.632. The minimum absolute atomic E-state index is 0. The maximum Gasteiger partial charge on any atom is 0.208 e. The van der Waals surface area contributed by atoms with Gasteiger partial charge in [-0.2, -0.15) is 0 Å². The molecule has 0 heterocycles. The van der Waals surface area contributed by atoms with Gasteiger partial charge in [-0.15, -0.1) is 24.0 Å². The molecule has 1 unspecified atom stereocenters. The van der Waals surface area contributed by atoms with E-state index in [1.165, 1.54) is 0 Å². The standard InChI is InChI=1S/C19H34ClN5O2S.HI/c1-5-21-19(22-13-10-14-24-28(4,26)27)23-15-18(25(6-2)7-3)16-11-8-9-12-17(16)20;/h8-9,11-12,18,24H,5-7,10,13-15H2,1-4H3,(H2,21,22,23);1H. The van der Waals surface area contributed by atoms with Crippen molar-refractivity contribution in [2.75, 3.05) is 45.5 Å². The molecule has 0 amide bonds. The summed E-state index contributed by atoms with van der Waals surface area (Å²) in [6.45, 7) is 10.4. The molecule has 10 heteroatoms. The molecule has 0 aliphatic heterocycles. The van der Waals surface area contributed by atoms with E-state index in [-0.39, 0.29) is 30.0 Å². The van der Waals surface area contributed by atoms with Crippen LogP contribution >= 0.6 is 35.6 Å². The summed E-state index contributed by atoms with van der Waals surface area (Å²) >= 11 is 6.45. The van der Waals surface area contributed by atoms with E-state index in [2.05, 4.69) is 40.2 Å². The number of benzene rings is 1. The van der Waals surface area contributed by atoms with Gasteiger partial charge in [0, 0.05) is 24.7 Å². The molecule has 0 fully saturated rings. The van der Waals surface area contributed by atoms with Gasteiger partial charge in [-0.3, -0.25) is 9.89 Å². The Balaban J connectivity index is 0.00000784. The molecule has 0 aromatic heterocycles. The van der Waals surface area contributed by atoms with Gasteiger partial charge in [-0.25, -0.2) is 13.1 Å². The summed E-state index contributed by atoms with van der Waals surface area (Å²) in [6.07, 6.45) is 1.83. The molecule has 3 N–H and O–H groups in total. The van der Waals surface area contributed by atoms with Crippen LogP contribution in [0.3, 0.4) is 0 Å². The van der Waals surface area contributed by atoms with Gasteiger partial charge in [0.15, 0.2) is 5.96 Å². The van der Waals surface area contributed by atoms with Gasteiger partial charge >= 0.3 is 0 Å². The molecule has 29 heavy (non-hydrogen) atoms. The minimum atomic E-state index is -3.15. The number of aliphatic imine (C=N–C) groups is 1. The predicted octanol–water partition coefficient (Wildman–Crippen LogP) is 2.84. The van der Waals surface area contributed by atoms with Gasteiger partial charge in [0.2, 0.25) is 10.0 Å². The topological polar surface area (TPSA) is 85.8 Å². The van der Waals surface area contributed by atoms with Gasteiger partial charge < -0.3 is 10.6 Å². The molecule has 0 saturated heterocycles. The highest BCUT2D eigenvalue weighted by Crippen LogP contribution is 2.27. The van der Waals surface area contributed by atoms with Crippen LogP contribution in [-0.4, -0.2) is 64.8 Å². The van der Waals surface area contributed by atoms with Crippen LogP contribution in [0.15, 0.2) is 29.3 Å². The summed E-state index contributed by atoms with van der Waals surface area (Å²) in [5.41, 5.74) is 1.07. The lowest BCUT2D eigenvalue weighted by Crippen LogP contribution is -2.40. The van der Waals surface area contributed by atoms with Crippen LogP contribution in [0.5, 0.6) is 0 Å². The molecule has 0 aliphatic rings. The summed E-state index contributed by atoms with van der Waals surface area (Å²) in [5.74, 6) is 0.714. The first-order valence-corrected chi connectivity index (χ1v) is 12.0. The van der Waals surface area contributed by atoms with Crippen molar-refractivity contribution in [1.29, 1.82) is 0 Å². The molecular formula is C19H35ClIN5O2S.